The summed E-state index contributed by atoms with van der Waals surface area (Å²) in [6.45, 7) is 5.38. The molecule has 1 aliphatic heterocycles. The van der Waals surface area contributed by atoms with E-state index in [0.29, 0.717) is 18.8 Å². The molecule has 1 saturated heterocycles. The number of hydrogen-bond donors (Lipinski definition) is 5. The highest BCUT2D eigenvalue weighted by atomic mass is 16.2. The lowest BCUT2D eigenvalue weighted by Crippen LogP contribution is -2.46. The lowest BCUT2D eigenvalue weighted by atomic mass is 10.0. The topological polar surface area (TPSA) is 148 Å². The summed E-state index contributed by atoms with van der Waals surface area (Å²) in [4.78, 5) is 54.2. The van der Waals surface area contributed by atoms with Crippen molar-refractivity contribution in [2.24, 2.45) is 11.8 Å². The molecular formula is C36H44N8O3. The molecule has 2 aliphatic rings. The molecule has 0 spiro atoms. The second-order valence-electron chi connectivity index (χ2n) is 12.5. The van der Waals surface area contributed by atoms with E-state index in [-0.39, 0.29) is 48.2 Å². The van der Waals surface area contributed by atoms with Crippen LogP contribution in [0.3, 0.4) is 0 Å². The molecule has 5 rings (SSSR count). The first-order chi connectivity index (χ1) is 22.8. The minimum absolute atomic E-state index is 0.0240. The number of likely N-dealkylation sites (tertiary alicyclic amines) is 1. The molecule has 2 aromatic heterocycles. The molecule has 1 saturated carbocycles. The minimum atomic E-state index is -0.172. The Labute approximate surface area is 276 Å². The molecule has 3 heterocycles. The number of nitrogens with zero attached hydrogens (tertiary/aromatic N) is 3. The number of amides is 3. The van der Waals surface area contributed by atoms with Gasteiger partial charge in [-0.1, -0.05) is 25.7 Å². The van der Waals surface area contributed by atoms with Crippen LogP contribution in [0, 0.1) is 35.5 Å². The molecule has 2 fully saturated rings. The third-order valence-electron chi connectivity index (χ3n) is 8.44. The second-order valence-corrected chi connectivity index (χ2v) is 12.5. The molecule has 5 N–H and O–H groups in total. The number of rotatable bonds is 12. The Hall–Kier alpha value is -4.87. The van der Waals surface area contributed by atoms with E-state index in [1.165, 1.54) is 0 Å². The zero-order chi connectivity index (χ0) is 33.2. The molecule has 1 aromatic carbocycles. The highest BCUT2D eigenvalue weighted by molar-refractivity contribution is 5.87. The van der Waals surface area contributed by atoms with Crippen LogP contribution in [-0.2, 0) is 20.8 Å². The number of carbonyl (C=O) groups is 3. The smallest absolute Gasteiger partial charge is 0.242 e. The van der Waals surface area contributed by atoms with Gasteiger partial charge in [0.1, 0.15) is 23.0 Å². The summed E-state index contributed by atoms with van der Waals surface area (Å²) in [5.74, 6) is 14.5. The standard InChI is InChI=1S/C36H44N8O3/c1-24(2)33(37-3)36(47)38-19-5-4-8-31-39-21-28(42-31)17-13-25-9-11-26(12-10-25)14-18-29-22-40-34(43-29)30-7-6-20-44(30)32(45)23-41-35(46)27-15-16-27/h9-12,21-22,24,27,30,33,37H,4-8,15-16,19-20,23H2,1-3H3,(H,38,47)(H,39,42)(H,40,43)(H,41,46). The Morgan fingerprint density at radius 1 is 0.915 bits per heavy atom. The fourth-order valence-corrected chi connectivity index (χ4v) is 5.65. The van der Waals surface area contributed by atoms with Crippen LogP contribution in [0.4, 0.5) is 0 Å². The van der Waals surface area contributed by atoms with Gasteiger partial charge in [0.05, 0.1) is 31.0 Å². The van der Waals surface area contributed by atoms with Gasteiger partial charge in [-0.05, 0) is 87.6 Å². The van der Waals surface area contributed by atoms with Gasteiger partial charge in [-0.25, -0.2) is 9.97 Å². The maximum atomic E-state index is 12.8. The van der Waals surface area contributed by atoms with Crippen LogP contribution >= 0.6 is 0 Å². The van der Waals surface area contributed by atoms with Crippen LogP contribution in [0.2, 0.25) is 0 Å². The van der Waals surface area contributed by atoms with E-state index in [4.69, 9.17) is 0 Å². The van der Waals surface area contributed by atoms with Gasteiger partial charge < -0.3 is 30.8 Å². The van der Waals surface area contributed by atoms with Crippen LogP contribution in [0.5, 0.6) is 0 Å². The normalized spacial score (nSPS) is 16.2. The van der Waals surface area contributed by atoms with E-state index >= 15 is 0 Å². The number of hydrogen-bond acceptors (Lipinski definition) is 6. The van der Waals surface area contributed by atoms with Gasteiger partial charge in [0.15, 0.2) is 0 Å². The number of nitrogens with one attached hydrogen (secondary N) is 5. The third-order valence-corrected chi connectivity index (χ3v) is 8.44. The van der Waals surface area contributed by atoms with Crippen LogP contribution in [-0.4, -0.2) is 75.3 Å². The number of likely N-dealkylation sites (N-methyl/N-ethyl adjacent to an activating group) is 1. The lowest BCUT2D eigenvalue weighted by molar-refractivity contribution is -0.134. The fraction of sp³-hybridized carbons (Fsp3) is 0.472. The van der Waals surface area contributed by atoms with E-state index < -0.39 is 0 Å². The lowest BCUT2D eigenvalue weighted by Gasteiger charge is -2.23. The first kappa shape index (κ1) is 33.5. The van der Waals surface area contributed by atoms with Gasteiger partial charge in [-0.15, -0.1) is 0 Å². The van der Waals surface area contributed by atoms with Gasteiger partial charge >= 0.3 is 0 Å². The van der Waals surface area contributed by atoms with Crippen molar-refractivity contribution in [3.05, 3.63) is 70.8 Å². The Balaban J connectivity index is 1.07. The first-order valence-corrected chi connectivity index (χ1v) is 16.6. The van der Waals surface area contributed by atoms with Crippen LogP contribution in [0.25, 0.3) is 0 Å². The summed E-state index contributed by atoms with van der Waals surface area (Å²) < 4.78 is 0. The molecule has 11 heteroatoms. The van der Waals surface area contributed by atoms with E-state index in [0.717, 1.165) is 73.4 Å². The molecule has 47 heavy (non-hydrogen) atoms. The summed E-state index contributed by atoms with van der Waals surface area (Å²) in [5.41, 5.74) is 3.15. The van der Waals surface area contributed by atoms with E-state index in [2.05, 4.69) is 59.6 Å². The molecule has 3 amide bonds. The number of carbonyl (C=O) groups excluding carboxylic acids is 3. The Bertz CT molecular complexity index is 1660. The van der Waals surface area contributed by atoms with Gasteiger partial charge in [-0.2, -0.15) is 0 Å². The SMILES string of the molecule is CNC(C(=O)NCCCCc1ncc(C#Cc2ccc(C#Cc3cnc(C4CCCN4C(=O)CNC(=O)C4CC4)[nH]3)cc2)[nH]1)C(C)C. The molecule has 2 unspecified atom stereocenters. The Kier molecular flexibility index (Phi) is 11.5. The van der Waals surface area contributed by atoms with Crippen molar-refractivity contribution in [3.8, 4) is 23.7 Å². The van der Waals surface area contributed by atoms with Crippen molar-refractivity contribution < 1.29 is 14.4 Å². The van der Waals surface area contributed by atoms with Crippen molar-refractivity contribution in [1.29, 1.82) is 0 Å². The van der Waals surface area contributed by atoms with Crippen LogP contribution in [0.1, 0.15) is 92.6 Å². The summed E-state index contributed by atoms with van der Waals surface area (Å²) >= 11 is 0. The van der Waals surface area contributed by atoms with Gasteiger partial charge in [0.25, 0.3) is 0 Å². The maximum Gasteiger partial charge on any atom is 0.242 e. The number of H-pyrrole nitrogens is 2. The van der Waals surface area contributed by atoms with Crippen molar-refractivity contribution in [3.63, 3.8) is 0 Å². The van der Waals surface area contributed by atoms with Crippen molar-refractivity contribution >= 4 is 17.7 Å². The summed E-state index contributed by atoms with van der Waals surface area (Å²) in [6, 6.07) is 7.41. The zero-order valence-corrected chi connectivity index (χ0v) is 27.4. The molecule has 11 nitrogen and oxygen atoms in total. The predicted molar refractivity (Wildman–Crippen MR) is 179 cm³/mol. The molecule has 246 valence electrons. The summed E-state index contributed by atoms with van der Waals surface area (Å²) in [5, 5.41) is 8.84. The molecule has 1 aliphatic carbocycles. The van der Waals surface area contributed by atoms with E-state index in [1.807, 2.05) is 45.2 Å². The maximum absolute atomic E-state index is 12.8. The Morgan fingerprint density at radius 2 is 1.60 bits per heavy atom. The number of aryl methyl sites for hydroxylation is 1. The predicted octanol–water partition coefficient (Wildman–Crippen LogP) is 2.81. The fourth-order valence-electron chi connectivity index (χ4n) is 5.65. The van der Waals surface area contributed by atoms with Gasteiger partial charge in [0, 0.05) is 36.6 Å². The summed E-state index contributed by atoms with van der Waals surface area (Å²) in [6.07, 6.45) is 9.56. The van der Waals surface area contributed by atoms with Gasteiger partial charge in [-0.3, -0.25) is 14.4 Å². The van der Waals surface area contributed by atoms with Gasteiger partial charge in [0.2, 0.25) is 17.7 Å². The number of benzene rings is 1. The first-order valence-electron chi connectivity index (χ1n) is 16.6. The second kappa shape index (κ2) is 16.1. The number of unbranched alkanes of at least 4 members (excludes halogenated alkanes) is 1. The quantitative estimate of drug-likeness (QED) is 0.153. The molecule has 0 bridgehead atoms. The highest BCUT2D eigenvalue weighted by Gasteiger charge is 2.33. The average molecular weight is 637 g/mol. The third kappa shape index (κ3) is 9.57. The van der Waals surface area contributed by atoms with E-state index in [9.17, 15) is 14.4 Å². The summed E-state index contributed by atoms with van der Waals surface area (Å²) in [7, 11) is 1.81. The monoisotopic (exact) mass is 636 g/mol. The molecular weight excluding hydrogens is 592 g/mol. The average Bonchev–Trinajstić information content (AvgIpc) is 3.40. The van der Waals surface area contributed by atoms with Crippen molar-refractivity contribution in [2.45, 2.75) is 70.9 Å². The van der Waals surface area contributed by atoms with Crippen molar-refractivity contribution in [1.82, 2.24) is 40.8 Å². The minimum Gasteiger partial charge on any atom is -0.355 e. The van der Waals surface area contributed by atoms with Crippen LogP contribution < -0.4 is 16.0 Å². The molecule has 3 aromatic rings. The molecule has 0 radical (unpaired) electrons. The molecule has 2 atom stereocenters. The zero-order valence-electron chi connectivity index (χ0n) is 27.4. The Morgan fingerprint density at radius 3 is 2.26 bits per heavy atom. The number of aromatic nitrogens is 4. The highest BCUT2D eigenvalue weighted by Crippen LogP contribution is 2.31. The van der Waals surface area contributed by atoms with Crippen molar-refractivity contribution in [2.75, 3.05) is 26.7 Å². The largest absolute Gasteiger partial charge is 0.355 e. The number of imidazole rings is 2. The van der Waals surface area contributed by atoms with E-state index in [1.54, 1.807) is 17.3 Å². The number of aromatic amines is 2. The van der Waals surface area contributed by atoms with Crippen LogP contribution in [0.15, 0.2) is 36.7 Å².